The number of carbonyl (C=O) groups is 1. The number of aromatic carboxylic acids is 1. The highest BCUT2D eigenvalue weighted by molar-refractivity contribution is 5.87. The SMILES string of the molecule is O=C(O)c1ccccc1.c1ccc2occc2c1. The van der Waals surface area contributed by atoms with E-state index in [2.05, 4.69) is 0 Å². The molecule has 0 amide bonds. The molecular weight excluding hydrogens is 228 g/mol. The van der Waals surface area contributed by atoms with Gasteiger partial charge < -0.3 is 9.52 Å². The van der Waals surface area contributed by atoms with Gasteiger partial charge in [-0.1, -0.05) is 36.4 Å². The van der Waals surface area contributed by atoms with Gasteiger partial charge in [-0.3, -0.25) is 0 Å². The molecule has 3 heteroatoms. The van der Waals surface area contributed by atoms with Crippen LogP contribution < -0.4 is 0 Å². The molecule has 0 spiro atoms. The van der Waals surface area contributed by atoms with Crippen LogP contribution in [0.2, 0.25) is 0 Å². The molecule has 3 rings (SSSR count). The molecule has 0 bridgehead atoms. The van der Waals surface area contributed by atoms with Gasteiger partial charge >= 0.3 is 5.97 Å². The van der Waals surface area contributed by atoms with Crippen LogP contribution in [-0.2, 0) is 0 Å². The Labute approximate surface area is 104 Å². The quantitative estimate of drug-likeness (QED) is 0.703. The van der Waals surface area contributed by atoms with Crippen LogP contribution in [0.3, 0.4) is 0 Å². The van der Waals surface area contributed by atoms with E-state index in [4.69, 9.17) is 9.52 Å². The molecule has 18 heavy (non-hydrogen) atoms. The van der Waals surface area contributed by atoms with Crippen molar-refractivity contribution in [1.82, 2.24) is 0 Å². The van der Waals surface area contributed by atoms with Crippen LogP contribution >= 0.6 is 0 Å². The van der Waals surface area contributed by atoms with Crippen LogP contribution in [-0.4, -0.2) is 11.1 Å². The van der Waals surface area contributed by atoms with Crippen molar-refractivity contribution in [1.29, 1.82) is 0 Å². The van der Waals surface area contributed by atoms with Crippen molar-refractivity contribution in [2.24, 2.45) is 0 Å². The number of carboxylic acids is 1. The average Bonchev–Trinajstić information content (AvgIpc) is 2.89. The molecule has 0 aliphatic heterocycles. The molecular formula is C15H12O3. The van der Waals surface area contributed by atoms with Crippen LogP contribution in [0.5, 0.6) is 0 Å². The topological polar surface area (TPSA) is 50.4 Å². The first-order valence-corrected chi connectivity index (χ1v) is 5.48. The molecule has 0 radical (unpaired) electrons. The zero-order valence-corrected chi connectivity index (χ0v) is 9.61. The predicted molar refractivity (Wildman–Crippen MR) is 69.6 cm³/mol. The van der Waals surface area contributed by atoms with E-state index in [0.717, 1.165) is 11.0 Å². The number of rotatable bonds is 1. The molecule has 1 N–H and O–H groups in total. The number of furan rings is 1. The minimum Gasteiger partial charge on any atom is -0.478 e. The molecule has 0 atom stereocenters. The summed E-state index contributed by atoms with van der Waals surface area (Å²) in [6.45, 7) is 0. The van der Waals surface area contributed by atoms with Crippen molar-refractivity contribution in [2.45, 2.75) is 0 Å². The maximum atomic E-state index is 10.2. The normalized spacial score (nSPS) is 9.56. The van der Waals surface area contributed by atoms with E-state index in [-0.39, 0.29) is 0 Å². The monoisotopic (exact) mass is 240 g/mol. The van der Waals surface area contributed by atoms with Gasteiger partial charge in [0.1, 0.15) is 5.58 Å². The molecule has 0 saturated heterocycles. The Morgan fingerprint density at radius 2 is 1.56 bits per heavy atom. The van der Waals surface area contributed by atoms with Gasteiger partial charge in [0.25, 0.3) is 0 Å². The Balaban J connectivity index is 0.000000134. The Kier molecular flexibility index (Phi) is 3.76. The summed E-state index contributed by atoms with van der Waals surface area (Å²) < 4.78 is 5.12. The van der Waals surface area contributed by atoms with Gasteiger partial charge in [0.05, 0.1) is 11.8 Å². The van der Waals surface area contributed by atoms with E-state index in [9.17, 15) is 4.79 Å². The molecule has 1 aromatic heterocycles. The summed E-state index contributed by atoms with van der Waals surface area (Å²) in [5.41, 5.74) is 1.29. The fraction of sp³-hybridized carbons (Fsp3) is 0. The van der Waals surface area contributed by atoms with Crippen LogP contribution in [0, 0.1) is 0 Å². The molecule has 3 aromatic rings. The van der Waals surface area contributed by atoms with Gasteiger partial charge in [-0.2, -0.15) is 0 Å². The fourth-order valence-corrected chi connectivity index (χ4v) is 1.49. The standard InChI is InChI=1S/C8H6O.C7H6O2/c1-2-4-8-7(3-1)5-6-9-8;8-7(9)6-4-2-1-3-5-6/h1-6H;1-5H,(H,8,9). The lowest BCUT2D eigenvalue weighted by molar-refractivity contribution is 0.0697. The zero-order chi connectivity index (χ0) is 12.8. The first-order chi connectivity index (χ1) is 8.77. The molecule has 0 aliphatic carbocycles. The molecule has 90 valence electrons. The lowest BCUT2D eigenvalue weighted by atomic mass is 10.2. The second-order valence-electron chi connectivity index (χ2n) is 3.63. The van der Waals surface area contributed by atoms with Crippen LogP contribution in [0.4, 0.5) is 0 Å². The second kappa shape index (κ2) is 5.68. The van der Waals surface area contributed by atoms with E-state index in [1.165, 1.54) is 0 Å². The van der Waals surface area contributed by atoms with Gasteiger partial charge in [0.2, 0.25) is 0 Å². The molecule has 0 aliphatic rings. The van der Waals surface area contributed by atoms with Gasteiger partial charge in [-0.15, -0.1) is 0 Å². The number of benzene rings is 2. The van der Waals surface area contributed by atoms with Gasteiger partial charge in [-0.25, -0.2) is 4.79 Å². The van der Waals surface area contributed by atoms with E-state index in [1.54, 1.807) is 36.6 Å². The number of carboxylic acid groups (broad SMARTS) is 1. The van der Waals surface area contributed by atoms with E-state index in [1.807, 2.05) is 30.3 Å². The maximum Gasteiger partial charge on any atom is 0.335 e. The third-order valence-electron chi connectivity index (χ3n) is 2.38. The summed E-state index contributed by atoms with van der Waals surface area (Å²) in [5.74, 6) is -0.879. The number of hydrogen-bond donors (Lipinski definition) is 1. The van der Waals surface area contributed by atoms with Crippen molar-refractivity contribution in [3.63, 3.8) is 0 Å². The van der Waals surface area contributed by atoms with Crippen LogP contribution in [0.25, 0.3) is 11.0 Å². The summed E-state index contributed by atoms with van der Waals surface area (Å²) >= 11 is 0. The van der Waals surface area contributed by atoms with E-state index >= 15 is 0 Å². The summed E-state index contributed by atoms with van der Waals surface area (Å²) in [6, 6.07) is 18.2. The fourth-order valence-electron chi connectivity index (χ4n) is 1.49. The third-order valence-corrected chi connectivity index (χ3v) is 2.38. The van der Waals surface area contributed by atoms with Crippen molar-refractivity contribution in [3.05, 3.63) is 72.5 Å². The second-order valence-corrected chi connectivity index (χ2v) is 3.63. The minimum absolute atomic E-state index is 0.331. The molecule has 1 heterocycles. The number of hydrogen-bond acceptors (Lipinski definition) is 2. The molecule has 3 nitrogen and oxygen atoms in total. The van der Waals surface area contributed by atoms with Crippen LogP contribution in [0.15, 0.2) is 71.3 Å². The van der Waals surface area contributed by atoms with Crippen molar-refractivity contribution in [2.75, 3.05) is 0 Å². The van der Waals surface area contributed by atoms with Crippen molar-refractivity contribution >= 4 is 16.9 Å². The summed E-state index contributed by atoms with van der Waals surface area (Å²) in [6.07, 6.45) is 1.70. The third kappa shape index (κ3) is 2.98. The van der Waals surface area contributed by atoms with Gasteiger partial charge in [0, 0.05) is 5.39 Å². The Bertz CT molecular complexity index is 596. The first kappa shape index (κ1) is 11.9. The van der Waals surface area contributed by atoms with E-state index in [0.29, 0.717) is 5.56 Å². The van der Waals surface area contributed by atoms with Gasteiger partial charge in [0.15, 0.2) is 0 Å². The minimum atomic E-state index is -0.879. The Hall–Kier alpha value is -2.55. The molecule has 0 unspecified atom stereocenters. The molecule has 0 fully saturated rings. The molecule has 2 aromatic carbocycles. The zero-order valence-electron chi connectivity index (χ0n) is 9.61. The van der Waals surface area contributed by atoms with E-state index < -0.39 is 5.97 Å². The lowest BCUT2D eigenvalue weighted by Crippen LogP contribution is -1.93. The molecule has 0 saturated carbocycles. The highest BCUT2D eigenvalue weighted by Gasteiger charge is 1.96. The van der Waals surface area contributed by atoms with Gasteiger partial charge in [-0.05, 0) is 24.3 Å². The smallest absolute Gasteiger partial charge is 0.335 e. The lowest BCUT2D eigenvalue weighted by Gasteiger charge is -1.88. The van der Waals surface area contributed by atoms with Crippen molar-refractivity contribution in [3.8, 4) is 0 Å². The summed E-state index contributed by atoms with van der Waals surface area (Å²) in [5, 5.41) is 9.55. The van der Waals surface area contributed by atoms with Crippen LogP contribution in [0.1, 0.15) is 10.4 Å². The Morgan fingerprint density at radius 3 is 2.17 bits per heavy atom. The summed E-state index contributed by atoms with van der Waals surface area (Å²) in [4.78, 5) is 10.2. The average molecular weight is 240 g/mol. The summed E-state index contributed by atoms with van der Waals surface area (Å²) in [7, 11) is 0. The first-order valence-electron chi connectivity index (χ1n) is 5.48. The number of fused-ring (bicyclic) bond motifs is 1. The predicted octanol–water partition coefficient (Wildman–Crippen LogP) is 3.82. The Morgan fingerprint density at radius 1 is 0.889 bits per heavy atom. The van der Waals surface area contributed by atoms with Crippen molar-refractivity contribution < 1.29 is 14.3 Å². The number of para-hydroxylation sites is 1. The highest BCUT2D eigenvalue weighted by atomic mass is 16.4. The maximum absolute atomic E-state index is 10.2. The highest BCUT2D eigenvalue weighted by Crippen LogP contribution is 2.12. The largest absolute Gasteiger partial charge is 0.478 e.